The van der Waals surface area contributed by atoms with E-state index in [9.17, 15) is 4.79 Å². The third-order valence-electron chi connectivity index (χ3n) is 4.84. The average Bonchev–Trinajstić information content (AvgIpc) is 3.07. The summed E-state index contributed by atoms with van der Waals surface area (Å²) in [4.78, 5) is 25.1. The number of aryl methyl sites for hydroxylation is 1. The van der Waals surface area contributed by atoms with Crippen molar-refractivity contribution in [2.45, 2.75) is 27.2 Å². The molecule has 0 saturated heterocycles. The maximum absolute atomic E-state index is 12.8. The monoisotopic (exact) mass is 398 g/mol. The Balaban J connectivity index is 1.78. The molecule has 3 rings (SSSR count). The predicted molar refractivity (Wildman–Crippen MR) is 115 cm³/mol. The lowest BCUT2D eigenvalue weighted by Crippen LogP contribution is -2.30. The summed E-state index contributed by atoms with van der Waals surface area (Å²) in [5.41, 5.74) is 2.17. The molecule has 0 atom stereocenters. The van der Waals surface area contributed by atoms with E-state index in [1.54, 1.807) is 13.4 Å². The van der Waals surface area contributed by atoms with Gasteiger partial charge in [-0.3, -0.25) is 4.79 Å². The van der Waals surface area contributed by atoms with E-state index in [4.69, 9.17) is 4.74 Å². The molecule has 0 fully saturated rings. The van der Waals surface area contributed by atoms with Crippen molar-refractivity contribution >= 4 is 33.3 Å². The summed E-state index contributed by atoms with van der Waals surface area (Å²) in [6.07, 6.45) is 2.42. The van der Waals surface area contributed by atoms with E-state index in [-0.39, 0.29) is 5.91 Å². The van der Waals surface area contributed by atoms with Gasteiger partial charge in [-0.15, -0.1) is 11.3 Å². The lowest BCUT2D eigenvalue weighted by Gasteiger charge is -2.17. The predicted octanol–water partition coefficient (Wildman–Crippen LogP) is 4.14. The average molecular weight is 399 g/mol. The number of anilines is 1. The highest BCUT2D eigenvalue weighted by Gasteiger charge is 2.22. The van der Waals surface area contributed by atoms with Crippen LogP contribution in [0.15, 0.2) is 30.6 Å². The van der Waals surface area contributed by atoms with Crippen molar-refractivity contribution in [1.82, 2.24) is 14.9 Å². The van der Waals surface area contributed by atoms with Crippen LogP contribution in [-0.4, -0.2) is 47.5 Å². The highest BCUT2D eigenvalue weighted by atomic mass is 32.1. The number of fused-ring (bicyclic) bond motifs is 1. The SMILES string of the molecule is CCN(CC)C(=O)c1sc2ncnc(NCCc3ccc(OC)cc3)c2c1C. The number of rotatable bonds is 8. The summed E-state index contributed by atoms with van der Waals surface area (Å²) in [5, 5.41) is 4.36. The molecule has 2 heterocycles. The molecule has 0 aliphatic rings. The molecule has 0 spiro atoms. The molecule has 0 radical (unpaired) electrons. The number of benzene rings is 1. The highest BCUT2D eigenvalue weighted by Crippen LogP contribution is 2.34. The number of carbonyl (C=O) groups excluding carboxylic acids is 1. The van der Waals surface area contributed by atoms with Crippen LogP contribution in [0.1, 0.15) is 34.6 Å². The molecule has 0 aliphatic heterocycles. The number of hydrogen-bond donors (Lipinski definition) is 1. The molecule has 7 heteroatoms. The number of hydrogen-bond acceptors (Lipinski definition) is 6. The van der Waals surface area contributed by atoms with Gasteiger partial charge in [-0.25, -0.2) is 9.97 Å². The molecule has 3 aromatic rings. The maximum atomic E-state index is 12.8. The van der Waals surface area contributed by atoms with Crippen molar-refractivity contribution in [2.24, 2.45) is 0 Å². The first kappa shape index (κ1) is 20.1. The third-order valence-corrected chi connectivity index (χ3v) is 6.02. The van der Waals surface area contributed by atoms with Gasteiger partial charge >= 0.3 is 0 Å². The minimum absolute atomic E-state index is 0.0645. The van der Waals surface area contributed by atoms with Crippen LogP contribution in [-0.2, 0) is 6.42 Å². The quantitative estimate of drug-likeness (QED) is 0.617. The van der Waals surface area contributed by atoms with E-state index in [1.165, 1.54) is 16.9 Å². The topological polar surface area (TPSA) is 67.4 Å². The Labute approximate surface area is 169 Å². The fraction of sp³-hybridized carbons (Fsp3) is 0.381. The summed E-state index contributed by atoms with van der Waals surface area (Å²) >= 11 is 1.44. The molecule has 0 saturated carbocycles. The van der Waals surface area contributed by atoms with Crippen molar-refractivity contribution in [2.75, 3.05) is 32.1 Å². The first-order valence-electron chi connectivity index (χ1n) is 9.49. The zero-order valence-electron chi connectivity index (χ0n) is 16.8. The lowest BCUT2D eigenvalue weighted by atomic mass is 10.1. The smallest absolute Gasteiger partial charge is 0.264 e. The molecular formula is C21H26N4O2S. The second kappa shape index (κ2) is 9.01. The van der Waals surface area contributed by atoms with Crippen LogP contribution in [0.3, 0.4) is 0 Å². The molecule has 6 nitrogen and oxygen atoms in total. The number of carbonyl (C=O) groups is 1. The van der Waals surface area contributed by atoms with Gasteiger partial charge in [0.15, 0.2) is 0 Å². The fourth-order valence-corrected chi connectivity index (χ4v) is 4.30. The molecule has 1 N–H and O–H groups in total. The van der Waals surface area contributed by atoms with Crippen LogP contribution >= 0.6 is 11.3 Å². The minimum atomic E-state index is 0.0645. The van der Waals surface area contributed by atoms with E-state index in [2.05, 4.69) is 27.4 Å². The second-order valence-corrected chi connectivity index (χ2v) is 7.46. The first-order chi connectivity index (χ1) is 13.6. The third kappa shape index (κ3) is 4.09. The number of thiophene rings is 1. The van der Waals surface area contributed by atoms with Gasteiger partial charge in [0.25, 0.3) is 5.91 Å². The largest absolute Gasteiger partial charge is 0.497 e. The van der Waals surface area contributed by atoms with E-state index >= 15 is 0 Å². The Hall–Kier alpha value is -2.67. The minimum Gasteiger partial charge on any atom is -0.497 e. The Kier molecular flexibility index (Phi) is 6.46. The fourth-order valence-electron chi connectivity index (χ4n) is 3.18. The Morgan fingerprint density at radius 1 is 1.18 bits per heavy atom. The highest BCUT2D eigenvalue weighted by molar-refractivity contribution is 7.20. The molecular weight excluding hydrogens is 372 g/mol. The summed E-state index contributed by atoms with van der Waals surface area (Å²) in [7, 11) is 1.67. The summed E-state index contributed by atoms with van der Waals surface area (Å²) in [6.45, 7) is 8.11. The van der Waals surface area contributed by atoms with Crippen LogP contribution < -0.4 is 10.1 Å². The standard InChI is InChI=1S/C21H26N4O2S/c1-5-25(6-2)21(26)18-14(3)17-19(23-13-24-20(17)28-18)22-12-11-15-7-9-16(27-4)10-8-15/h7-10,13H,5-6,11-12H2,1-4H3,(H,22,23,24). The van der Waals surface area contributed by atoms with Crippen LogP contribution in [0.4, 0.5) is 5.82 Å². The normalized spacial score (nSPS) is 10.9. The van der Waals surface area contributed by atoms with Crippen molar-refractivity contribution in [3.63, 3.8) is 0 Å². The van der Waals surface area contributed by atoms with Gasteiger partial charge in [-0.2, -0.15) is 0 Å². The van der Waals surface area contributed by atoms with Crippen LogP contribution in [0, 0.1) is 6.92 Å². The van der Waals surface area contributed by atoms with Crippen LogP contribution in [0.2, 0.25) is 0 Å². The van der Waals surface area contributed by atoms with Gasteiger partial charge in [-0.1, -0.05) is 12.1 Å². The molecule has 0 unspecified atom stereocenters. The van der Waals surface area contributed by atoms with E-state index in [1.807, 2.05) is 37.8 Å². The van der Waals surface area contributed by atoms with Gasteiger partial charge in [0, 0.05) is 19.6 Å². The number of nitrogens with one attached hydrogen (secondary N) is 1. The zero-order valence-corrected chi connectivity index (χ0v) is 17.6. The van der Waals surface area contributed by atoms with Crippen molar-refractivity contribution in [3.8, 4) is 5.75 Å². The molecule has 2 aromatic heterocycles. The van der Waals surface area contributed by atoms with Gasteiger partial charge in [0.2, 0.25) is 0 Å². The molecule has 1 amide bonds. The summed E-state index contributed by atoms with van der Waals surface area (Å²) < 4.78 is 5.20. The Bertz CT molecular complexity index is 949. The number of amides is 1. The number of aromatic nitrogens is 2. The van der Waals surface area contributed by atoms with E-state index in [0.29, 0.717) is 13.1 Å². The lowest BCUT2D eigenvalue weighted by molar-refractivity contribution is 0.0777. The van der Waals surface area contributed by atoms with Crippen molar-refractivity contribution in [3.05, 3.63) is 46.6 Å². The molecule has 0 aliphatic carbocycles. The molecule has 1 aromatic carbocycles. The number of methoxy groups -OCH3 is 1. The maximum Gasteiger partial charge on any atom is 0.264 e. The van der Waals surface area contributed by atoms with E-state index < -0.39 is 0 Å². The molecule has 0 bridgehead atoms. The van der Waals surface area contributed by atoms with Crippen molar-refractivity contribution in [1.29, 1.82) is 0 Å². The van der Waals surface area contributed by atoms with Crippen LogP contribution in [0.5, 0.6) is 5.75 Å². The van der Waals surface area contributed by atoms with Crippen molar-refractivity contribution < 1.29 is 9.53 Å². The Morgan fingerprint density at radius 3 is 2.54 bits per heavy atom. The summed E-state index contributed by atoms with van der Waals surface area (Å²) in [5.74, 6) is 1.70. The van der Waals surface area contributed by atoms with Gasteiger partial charge in [0.05, 0.1) is 17.4 Å². The van der Waals surface area contributed by atoms with Gasteiger partial charge in [0.1, 0.15) is 22.7 Å². The zero-order chi connectivity index (χ0) is 20.1. The first-order valence-corrected chi connectivity index (χ1v) is 10.3. The molecule has 148 valence electrons. The number of nitrogens with zero attached hydrogens (tertiary/aromatic N) is 3. The van der Waals surface area contributed by atoms with Gasteiger partial charge in [-0.05, 0) is 50.5 Å². The van der Waals surface area contributed by atoms with Crippen LogP contribution in [0.25, 0.3) is 10.2 Å². The second-order valence-electron chi connectivity index (χ2n) is 6.46. The van der Waals surface area contributed by atoms with Gasteiger partial charge < -0.3 is 15.0 Å². The van der Waals surface area contributed by atoms with E-state index in [0.717, 1.165) is 45.2 Å². The number of ether oxygens (including phenoxy) is 1. The Morgan fingerprint density at radius 2 is 1.89 bits per heavy atom. The summed E-state index contributed by atoms with van der Waals surface area (Å²) in [6, 6.07) is 8.05. The molecule has 28 heavy (non-hydrogen) atoms.